The van der Waals surface area contributed by atoms with Gasteiger partial charge < -0.3 is 10.8 Å². The van der Waals surface area contributed by atoms with Crippen molar-refractivity contribution in [3.63, 3.8) is 0 Å². The first-order valence-corrected chi connectivity index (χ1v) is 4.83. The number of benzene rings is 1. The van der Waals surface area contributed by atoms with Gasteiger partial charge in [-0.3, -0.25) is 0 Å². The second kappa shape index (κ2) is 3.38. The van der Waals surface area contributed by atoms with E-state index >= 15 is 0 Å². The zero-order valence-electron chi connectivity index (χ0n) is 7.66. The lowest BCUT2D eigenvalue weighted by atomic mass is 9.97. The maximum atomic E-state index is 9.69. The summed E-state index contributed by atoms with van der Waals surface area (Å²) in [5, 5.41) is 9.69. The SMILES string of the molecule is NCCC1CCc2cccc(O)c21. The number of fused-ring (bicyclic) bond motifs is 1. The van der Waals surface area contributed by atoms with Gasteiger partial charge in [-0.2, -0.15) is 0 Å². The van der Waals surface area contributed by atoms with Crippen molar-refractivity contribution >= 4 is 0 Å². The molecule has 1 aromatic rings. The lowest BCUT2D eigenvalue weighted by Gasteiger charge is -2.11. The predicted molar refractivity (Wildman–Crippen MR) is 52.8 cm³/mol. The highest BCUT2D eigenvalue weighted by Gasteiger charge is 2.24. The fourth-order valence-electron chi connectivity index (χ4n) is 2.25. The molecular weight excluding hydrogens is 162 g/mol. The number of nitrogens with two attached hydrogens (primary N) is 1. The lowest BCUT2D eigenvalue weighted by molar-refractivity contribution is 0.460. The van der Waals surface area contributed by atoms with Gasteiger partial charge in [0.05, 0.1) is 0 Å². The average Bonchev–Trinajstić information content (AvgIpc) is 2.51. The molecule has 1 atom stereocenters. The molecule has 70 valence electrons. The largest absolute Gasteiger partial charge is 0.508 e. The van der Waals surface area contributed by atoms with Crippen molar-refractivity contribution in [1.82, 2.24) is 0 Å². The second-order valence-corrected chi connectivity index (χ2v) is 3.66. The Bertz CT molecular complexity index is 307. The molecule has 1 unspecified atom stereocenters. The third kappa shape index (κ3) is 1.42. The van der Waals surface area contributed by atoms with E-state index in [1.165, 1.54) is 5.56 Å². The van der Waals surface area contributed by atoms with Crippen LogP contribution in [0.5, 0.6) is 5.75 Å². The molecule has 0 saturated carbocycles. The summed E-state index contributed by atoms with van der Waals surface area (Å²) >= 11 is 0. The van der Waals surface area contributed by atoms with Crippen LogP contribution in [0.3, 0.4) is 0 Å². The van der Waals surface area contributed by atoms with E-state index in [1.54, 1.807) is 6.07 Å². The molecule has 0 aromatic heterocycles. The standard InChI is InChI=1S/C11H15NO/c12-7-6-9-5-4-8-2-1-3-10(13)11(8)9/h1-3,9,13H,4-7,12H2. The third-order valence-electron chi connectivity index (χ3n) is 2.86. The molecule has 1 aromatic carbocycles. The molecule has 1 aliphatic carbocycles. The molecule has 0 amide bonds. The van der Waals surface area contributed by atoms with Gasteiger partial charge in [-0.05, 0) is 43.4 Å². The first-order valence-electron chi connectivity index (χ1n) is 4.83. The van der Waals surface area contributed by atoms with E-state index in [4.69, 9.17) is 5.73 Å². The Labute approximate surface area is 78.4 Å². The second-order valence-electron chi connectivity index (χ2n) is 3.66. The van der Waals surface area contributed by atoms with Crippen LogP contribution in [-0.2, 0) is 6.42 Å². The summed E-state index contributed by atoms with van der Waals surface area (Å²) in [6, 6.07) is 5.79. The zero-order chi connectivity index (χ0) is 9.26. The van der Waals surface area contributed by atoms with Crippen molar-refractivity contribution in [3.05, 3.63) is 29.3 Å². The third-order valence-corrected chi connectivity index (χ3v) is 2.86. The van der Waals surface area contributed by atoms with Crippen LogP contribution in [0.4, 0.5) is 0 Å². The van der Waals surface area contributed by atoms with Gasteiger partial charge in [0.15, 0.2) is 0 Å². The van der Waals surface area contributed by atoms with Gasteiger partial charge in [-0.25, -0.2) is 0 Å². The molecule has 13 heavy (non-hydrogen) atoms. The maximum absolute atomic E-state index is 9.69. The first kappa shape index (κ1) is 8.57. The molecule has 0 fully saturated rings. The molecule has 3 N–H and O–H groups in total. The quantitative estimate of drug-likeness (QED) is 0.723. The molecule has 0 radical (unpaired) electrons. The summed E-state index contributed by atoms with van der Waals surface area (Å²) in [7, 11) is 0. The summed E-state index contributed by atoms with van der Waals surface area (Å²) in [5.74, 6) is 0.939. The number of phenols is 1. The van der Waals surface area contributed by atoms with Gasteiger partial charge >= 0.3 is 0 Å². The molecule has 0 bridgehead atoms. The van der Waals surface area contributed by atoms with Gasteiger partial charge in [0.1, 0.15) is 5.75 Å². The Kier molecular flexibility index (Phi) is 2.23. The van der Waals surface area contributed by atoms with Crippen LogP contribution >= 0.6 is 0 Å². The van der Waals surface area contributed by atoms with Crippen LogP contribution < -0.4 is 5.73 Å². The van der Waals surface area contributed by atoms with E-state index in [0.717, 1.165) is 24.8 Å². The Balaban J connectivity index is 2.34. The Morgan fingerprint density at radius 1 is 1.46 bits per heavy atom. The summed E-state index contributed by atoms with van der Waals surface area (Å²) in [5.41, 5.74) is 7.98. The van der Waals surface area contributed by atoms with Crippen molar-refractivity contribution in [2.24, 2.45) is 5.73 Å². The van der Waals surface area contributed by atoms with Crippen molar-refractivity contribution < 1.29 is 5.11 Å². The molecule has 2 heteroatoms. The maximum Gasteiger partial charge on any atom is 0.119 e. The zero-order valence-corrected chi connectivity index (χ0v) is 7.66. The minimum atomic E-state index is 0.452. The minimum absolute atomic E-state index is 0.452. The first-order chi connectivity index (χ1) is 6.33. The normalized spacial score (nSPS) is 20.2. The van der Waals surface area contributed by atoms with Crippen LogP contribution in [0.2, 0.25) is 0 Å². The number of aromatic hydroxyl groups is 1. The molecule has 1 aliphatic rings. The number of phenolic OH excluding ortho intramolecular Hbond substituents is 1. The molecule has 2 nitrogen and oxygen atoms in total. The van der Waals surface area contributed by atoms with Crippen molar-refractivity contribution in [2.45, 2.75) is 25.2 Å². The molecule has 0 aliphatic heterocycles. The van der Waals surface area contributed by atoms with Crippen LogP contribution in [0.1, 0.15) is 29.9 Å². The van der Waals surface area contributed by atoms with E-state index < -0.39 is 0 Å². The average molecular weight is 177 g/mol. The van der Waals surface area contributed by atoms with E-state index in [9.17, 15) is 5.11 Å². The number of hydrogen-bond donors (Lipinski definition) is 2. The molecule has 2 rings (SSSR count). The number of hydrogen-bond acceptors (Lipinski definition) is 2. The van der Waals surface area contributed by atoms with Crippen LogP contribution in [0.15, 0.2) is 18.2 Å². The summed E-state index contributed by atoms with van der Waals surface area (Å²) in [6.07, 6.45) is 3.23. The fourth-order valence-corrected chi connectivity index (χ4v) is 2.25. The highest BCUT2D eigenvalue weighted by molar-refractivity contribution is 5.45. The van der Waals surface area contributed by atoms with Crippen LogP contribution in [0, 0.1) is 0 Å². The van der Waals surface area contributed by atoms with Gasteiger partial charge in [0.25, 0.3) is 0 Å². The lowest BCUT2D eigenvalue weighted by Crippen LogP contribution is -2.04. The Morgan fingerprint density at radius 3 is 3.08 bits per heavy atom. The van der Waals surface area contributed by atoms with Gasteiger partial charge in [-0.1, -0.05) is 12.1 Å². The number of rotatable bonds is 2. The summed E-state index contributed by atoms with van der Waals surface area (Å²) in [6.45, 7) is 0.707. The molecule has 0 heterocycles. The van der Waals surface area contributed by atoms with Gasteiger partial charge in [0.2, 0.25) is 0 Å². The summed E-state index contributed by atoms with van der Waals surface area (Å²) in [4.78, 5) is 0. The van der Waals surface area contributed by atoms with Crippen molar-refractivity contribution in [1.29, 1.82) is 0 Å². The minimum Gasteiger partial charge on any atom is -0.508 e. The van der Waals surface area contributed by atoms with Crippen molar-refractivity contribution in [2.75, 3.05) is 6.54 Å². The fraction of sp³-hybridized carbons (Fsp3) is 0.455. The number of aryl methyl sites for hydroxylation is 1. The molecular formula is C11H15NO. The van der Waals surface area contributed by atoms with E-state index in [1.807, 2.05) is 6.07 Å². The highest BCUT2D eigenvalue weighted by Crippen LogP contribution is 2.40. The molecule has 0 spiro atoms. The predicted octanol–water partition coefficient (Wildman–Crippen LogP) is 1.77. The Morgan fingerprint density at radius 2 is 2.31 bits per heavy atom. The van der Waals surface area contributed by atoms with E-state index in [2.05, 4.69) is 6.07 Å². The van der Waals surface area contributed by atoms with Gasteiger partial charge in [-0.15, -0.1) is 0 Å². The van der Waals surface area contributed by atoms with Gasteiger partial charge in [0, 0.05) is 5.56 Å². The highest BCUT2D eigenvalue weighted by atomic mass is 16.3. The molecule has 0 saturated heterocycles. The monoisotopic (exact) mass is 177 g/mol. The smallest absolute Gasteiger partial charge is 0.119 e. The van der Waals surface area contributed by atoms with E-state index in [0.29, 0.717) is 18.2 Å². The summed E-state index contributed by atoms with van der Waals surface area (Å²) < 4.78 is 0. The van der Waals surface area contributed by atoms with Crippen LogP contribution in [0.25, 0.3) is 0 Å². The topological polar surface area (TPSA) is 46.2 Å². The Hall–Kier alpha value is -1.02. The van der Waals surface area contributed by atoms with Crippen LogP contribution in [-0.4, -0.2) is 11.7 Å². The van der Waals surface area contributed by atoms with E-state index in [-0.39, 0.29) is 0 Å². The van der Waals surface area contributed by atoms with Crippen molar-refractivity contribution in [3.8, 4) is 5.75 Å².